The maximum Gasteiger partial charge on any atom is 0.243 e. The Morgan fingerprint density at radius 3 is 2.85 bits per heavy atom. The van der Waals surface area contributed by atoms with E-state index < -0.39 is 0 Å². The SMILES string of the molecule is CSC(=NCCCCCN1N=C(c2ccc(Cl)c(Cl)c2)CCC1=O)NC#N. The van der Waals surface area contributed by atoms with E-state index in [1.807, 2.05) is 18.5 Å². The van der Waals surface area contributed by atoms with Crippen LogP contribution in [0, 0.1) is 11.5 Å². The van der Waals surface area contributed by atoms with Gasteiger partial charge in [0.25, 0.3) is 0 Å². The number of nitrogens with zero attached hydrogens (tertiary/aromatic N) is 4. The van der Waals surface area contributed by atoms with Crippen molar-refractivity contribution in [2.24, 2.45) is 10.1 Å². The molecule has 1 aromatic rings. The first-order valence-corrected chi connectivity index (χ1v) is 10.6. The fourth-order valence-electron chi connectivity index (χ4n) is 2.59. The lowest BCUT2D eigenvalue weighted by molar-refractivity contribution is -0.131. The zero-order valence-electron chi connectivity index (χ0n) is 15.0. The van der Waals surface area contributed by atoms with E-state index >= 15 is 0 Å². The van der Waals surface area contributed by atoms with Crippen LogP contribution in [0.3, 0.4) is 0 Å². The molecule has 6 nitrogen and oxygen atoms in total. The molecule has 1 aliphatic rings. The lowest BCUT2D eigenvalue weighted by Gasteiger charge is -2.23. The first-order chi connectivity index (χ1) is 13.0. The van der Waals surface area contributed by atoms with Crippen LogP contribution in [-0.2, 0) is 4.79 Å². The summed E-state index contributed by atoms with van der Waals surface area (Å²) in [6.45, 7) is 1.23. The van der Waals surface area contributed by atoms with Crippen molar-refractivity contribution >= 4 is 51.8 Å². The number of hydrazone groups is 1. The van der Waals surface area contributed by atoms with E-state index in [1.165, 1.54) is 11.8 Å². The van der Waals surface area contributed by atoms with E-state index in [4.69, 9.17) is 28.5 Å². The van der Waals surface area contributed by atoms with Crippen LogP contribution in [0.15, 0.2) is 28.3 Å². The second kappa shape index (κ2) is 11.2. The van der Waals surface area contributed by atoms with Crippen LogP contribution in [0.5, 0.6) is 0 Å². The van der Waals surface area contributed by atoms with Gasteiger partial charge in [0.15, 0.2) is 11.4 Å². The Morgan fingerprint density at radius 1 is 1.33 bits per heavy atom. The number of amides is 1. The molecule has 0 aliphatic carbocycles. The molecule has 1 heterocycles. The number of aliphatic imine (C=N–C) groups is 1. The van der Waals surface area contributed by atoms with Crippen LogP contribution in [0.2, 0.25) is 10.0 Å². The van der Waals surface area contributed by atoms with Crippen molar-refractivity contribution in [1.82, 2.24) is 10.3 Å². The van der Waals surface area contributed by atoms with Gasteiger partial charge in [0.05, 0.1) is 15.8 Å². The van der Waals surface area contributed by atoms with Crippen LogP contribution >= 0.6 is 35.0 Å². The molecule has 0 bridgehead atoms. The first kappa shape index (κ1) is 21.5. The molecule has 0 fully saturated rings. The molecular formula is C18H21Cl2N5OS. The summed E-state index contributed by atoms with van der Waals surface area (Å²) in [5.41, 5.74) is 1.75. The normalized spacial score (nSPS) is 14.7. The van der Waals surface area contributed by atoms with Gasteiger partial charge in [-0.1, -0.05) is 41.0 Å². The van der Waals surface area contributed by atoms with Gasteiger partial charge in [0, 0.05) is 25.9 Å². The zero-order chi connectivity index (χ0) is 19.6. The Balaban J connectivity index is 1.85. The number of halogens is 2. The molecule has 1 aromatic carbocycles. The van der Waals surface area contributed by atoms with Crippen LogP contribution in [0.1, 0.15) is 37.7 Å². The quantitative estimate of drug-likeness (QED) is 0.232. The minimum absolute atomic E-state index is 0.0414. The standard InChI is InChI=1S/C18H21Cl2N5OS/c1-27-18(23-12-21)22-9-3-2-4-10-25-17(26)8-7-16(24-25)13-5-6-14(19)15(20)11-13/h5-6,11H,2-4,7-10H2,1H3,(H,22,23). The lowest BCUT2D eigenvalue weighted by atomic mass is 10.0. The maximum absolute atomic E-state index is 12.1. The van der Waals surface area contributed by atoms with Crippen LogP contribution < -0.4 is 5.32 Å². The van der Waals surface area contributed by atoms with Gasteiger partial charge in [0.1, 0.15) is 0 Å². The summed E-state index contributed by atoms with van der Waals surface area (Å²) < 4.78 is 0. The van der Waals surface area contributed by atoms with Gasteiger partial charge >= 0.3 is 0 Å². The van der Waals surface area contributed by atoms with Crippen LogP contribution in [0.25, 0.3) is 0 Å². The number of carbonyl (C=O) groups excluding carboxylic acids is 1. The molecule has 0 saturated carbocycles. The summed E-state index contributed by atoms with van der Waals surface area (Å²) in [5.74, 6) is 0.0414. The molecule has 1 N–H and O–H groups in total. The molecule has 0 spiro atoms. The van der Waals surface area contributed by atoms with Crippen molar-refractivity contribution in [3.8, 4) is 6.19 Å². The monoisotopic (exact) mass is 425 g/mol. The number of hydrogen-bond donors (Lipinski definition) is 1. The molecule has 0 atom stereocenters. The Kier molecular flexibility index (Phi) is 8.92. The number of amidine groups is 1. The molecule has 144 valence electrons. The van der Waals surface area contributed by atoms with E-state index in [0.717, 1.165) is 30.5 Å². The summed E-state index contributed by atoms with van der Waals surface area (Å²) >= 11 is 13.5. The third-order valence-corrected chi connectivity index (χ3v) is 5.35. The predicted molar refractivity (Wildman–Crippen MR) is 112 cm³/mol. The average molecular weight is 426 g/mol. The van der Waals surface area contributed by atoms with Crippen molar-refractivity contribution in [1.29, 1.82) is 5.26 Å². The van der Waals surface area contributed by atoms with Gasteiger partial charge in [-0.15, -0.1) is 0 Å². The van der Waals surface area contributed by atoms with E-state index in [9.17, 15) is 4.79 Å². The minimum atomic E-state index is 0.0414. The highest BCUT2D eigenvalue weighted by molar-refractivity contribution is 8.13. The van der Waals surface area contributed by atoms with Gasteiger partial charge in [-0.05, 0) is 43.2 Å². The third-order valence-electron chi connectivity index (χ3n) is 4.00. The number of carbonyl (C=O) groups is 1. The fourth-order valence-corrected chi connectivity index (χ4v) is 3.26. The summed E-state index contributed by atoms with van der Waals surface area (Å²) in [5, 5.41) is 18.8. The van der Waals surface area contributed by atoms with Crippen molar-refractivity contribution < 1.29 is 4.79 Å². The third kappa shape index (κ3) is 6.73. The van der Waals surface area contributed by atoms with E-state index in [2.05, 4.69) is 15.4 Å². The highest BCUT2D eigenvalue weighted by Gasteiger charge is 2.21. The van der Waals surface area contributed by atoms with Crippen LogP contribution in [0.4, 0.5) is 0 Å². The fraction of sp³-hybridized carbons (Fsp3) is 0.444. The average Bonchev–Trinajstić information content (AvgIpc) is 2.67. The maximum atomic E-state index is 12.1. The van der Waals surface area contributed by atoms with Crippen molar-refractivity contribution in [2.75, 3.05) is 19.3 Å². The summed E-state index contributed by atoms with van der Waals surface area (Å²) in [6.07, 6.45) is 7.45. The summed E-state index contributed by atoms with van der Waals surface area (Å²) in [6, 6.07) is 5.40. The number of hydrogen-bond acceptors (Lipinski definition) is 5. The van der Waals surface area contributed by atoms with Gasteiger partial charge in [-0.25, -0.2) is 5.01 Å². The highest BCUT2D eigenvalue weighted by Crippen LogP contribution is 2.25. The largest absolute Gasteiger partial charge is 0.273 e. The topological polar surface area (TPSA) is 80.8 Å². The zero-order valence-corrected chi connectivity index (χ0v) is 17.4. The molecule has 0 aromatic heterocycles. The van der Waals surface area contributed by atoms with Crippen LogP contribution in [-0.4, -0.2) is 41.1 Å². The Bertz CT molecular complexity index is 776. The number of rotatable bonds is 7. The smallest absolute Gasteiger partial charge is 0.243 e. The number of unbranched alkanes of at least 4 members (excludes halogenated alkanes) is 2. The van der Waals surface area contributed by atoms with Gasteiger partial charge < -0.3 is 0 Å². The molecule has 9 heteroatoms. The number of benzene rings is 1. The van der Waals surface area contributed by atoms with E-state index in [1.54, 1.807) is 17.1 Å². The molecule has 1 amide bonds. The highest BCUT2D eigenvalue weighted by atomic mass is 35.5. The Labute approximate surface area is 173 Å². The molecular weight excluding hydrogens is 405 g/mol. The number of nitrogens with one attached hydrogen (secondary N) is 1. The molecule has 2 rings (SSSR count). The second-order valence-electron chi connectivity index (χ2n) is 5.88. The first-order valence-electron chi connectivity index (χ1n) is 8.62. The van der Waals surface area contributed by atoms with Gasteiger partial charge in [0.2, 0.25) is 5.91 Å². The Hall–Kier alpha value is -1.75. The number of nitriles is 1. The molecule has 1 aliphatic heterocycles. The van der Waals surface area contributed by atoms with E-state index in [0.29, 0.717) is 41.1 Å². The minimum Gasteiger partial charge on any atom is -0.273 e. The van der Waals surface area contributed by atoms with Crippen molar-refractivity contribution in [3.63, 3.8) is 0 Å². The van der Waals surface area contributed by atoms with Gasteiger partial charge in [-0.2, -0.15) is 10.4 Å². The summed E-state index contributed by atoms with van der Waals surface area (Å²) in [7, 11) is 0. The predicted octanol–water partition coefficient (Wildman–Crippen LogP) is 4.28. The second-order valence-corrected chi connectivity index (χ2v) is 7.49. The van der Waals surface area contributed by atoms with Crippen molar-refractivity contribution in [2.45, 2.75) is 32.1 Å². The van der Waals surface area contributed by atoms with Crippen molar-refractivity contribution in [3.05, 3.63) is 33.8 Å². The summed E-state index contributed by atoms with van der Waals surface area (Å²) in [4.78, 5) is 16.4. The van der Waals surface area contributed by atoms with E-state index in [-0.39, 0.29) is 5.91 Å². The Morgan fingerprint density at radius 2 is 2.15 bits per heavy atom. The molecule has 0 radical (unpaired) electrons. The number of thioether (sulfide) groups is 1. The molecule has 0 unspecified atom stereocenters. The molecule has 0 saturated heterocycles. The molecule has 27 heavy (non-hydrogen) atoms. The lowest BCUT2D eigenvalue weighted by Crippen LogP contribution is -2.32. The van der Waals surface area contributed by atoms with Gasteiger partial charge in [-0.3, -0.25) is 15.1 Å².